The lowest BCUT2D eigenvalue weighted by Gasteiger charge is -1.95. The largest absolute Gasteiger partial charge is 0.262 e. The summed E-state index contributed by atoms with van der Waals surface area (Å²) < 4.78 is 3.74. The topological polar surface area (TPSA) is 12.9 Å². The van der Waals surface area contributed by atoms with E-state index in [2.05, 4.69) is 72.8 Å². The van der Waals surface area contributed by atoms with Crippen LogP contribution in [0.5, 0.6) is 0 Å². The van der Waals surface area contributed by atoms with Gasteiger partial charge in [0.15, 0.2) is 0 Å². The molecule has 0 fully saturated rings. The highest BCUT2D eigenvalue weighted by molar-refractivity contribution is 14.1. The number of pyridine rings is 1. The van der Waals surface area contributed by atoms with Crippen molar-refractivity contribution >= 4 is 67.8 Å². The summed E-state index contributed by atoms with van der Waals surface area (Å²) in [6, 6.07) is 0. The molecule has 0 bridgehead atoms. The zero-order valence-corrected chi connectivity index (χ0v) is 10.7. The van der Waals surface area contributed by atoms with Crippen LogP contribution < -0.4 is 0 Å². The van der Waals surface area contributed by atoms with E-state index in [0.29, 0.717) is 0 Å². The molecule has 0 spiro atoms. The molecule has 0 aliphatic rings. The minimum atomic E-state index is 1.22. The zero-order valence-electron chi connectivity index (χ0n) is 4.24. The van der Waals surface area contributed by atoms with Gasteiger partial charge in [0.05, 0.1) is 0 Å². The van der Waals surface area contributed by atoms with Gasteiger partial charge in [0, 0.05) is 23.1 Å². The zero-order chi connectivity index (χ0) is 6.85. The predicted molar refractivity (Wildman–Crippen MR) is 62.4 cm³/mol. The summed E-state index contributed by atoms with van der Waals surface area (Å²) in [5.74, 6) is 0. The van der Waals surface area contributed by atoms with Gasteiger partial charge in [-0.05, 0) is 67.8 Å². The highest BCUT2D eigenvalue weighted by Crippen LogP contribution is 2.18. The summed E-state index contributed by atoms with van der Waals surface area (Å²) >= 11 is 6.86. The third-order valence-electron chi connectivity index (χ3n) is 0.795. The maximum Gasteiger partial charge on any atom is 0.0458 e. The first-order valence-corrected chi connectivity index (χ1v) is 5.40. The summed E-state index contributed by atoms with van der Waals surface area (Å²) in [5.41, 5.74) is 0. The lowest BCUT2D eigenvalue weighted by Crippen LogP contribution is -1.85. The van der Waals surface area contributed by atoms with Crippen molar-refractivity contribution < 1.29 is 0 Å². The average Bonchev–Trinajstić information content (AvgIpc) is 1.83. The Labute approximate surface area is 94.4 Å². The fourth-order valence-electron chi connectivity index (χ4n) is 0.396. The molecule has 1 aromatic heterocycles. The van der Waals surface area contributed by atoms with Crippen LogP contribution in [0.1, 0.15) is 0 Å². The lowest BCUT2D eigenvalue weighted by atomic mass is 10.5. The van der Waals surface area contributed by atoms with Crippen LogP contribution in [0.25, 0.3) is 0 Å². The first-order chi connectivity index (χ1) is 4.22. The Morgan fingerprint density at radius 2 is 1.44 bits per heavy atom. The predicted octanol–water partition coefficient (Wildman–Crippen LogP) is 2.90. The second-order valence-electron chi connectivity index (χ2n) is 1.42. The second-order valence-corrected chi connectivity index (χ2v) is 4.82. The van der Waals surface area contributed by atoms with Crippen molar-refractivity contribution in [2.75, 3.05) is 0 Å². The van der Waals surface area contributed by atoms with E-state index in [1.165, 1.54) is 10.7 Å². The number of halogens is 3. The van der Waals surface area contributed by atoms with Crippen LogP contribution in [0.4, 0.5) is 0 Å². The van der Waals surface area contributed by atoms with Gasteiger partial charge in [-0.25, -0.2) is 0 Å². The minimum Gasteiger partial charge on any atom is -0.262 e. The van der Waals surface area contributed by atoms with Gasteiger partial charge in [0.1, 0.15) is 0 Å². The number of rotatable bonds is 0. The molecule has 0 atom stereocenters. The van der Waals surface area contributed by atoms with E-state index in [9.17, 15) is 0 Å². The van der Waals surface area contributed by atoms with Crippen molar-refractivity contribution in [1.29, 1.82) is 0 Å². The van der Waals surface area contributed by atoms with Crippen molar-refractivity contribution in [2.24, 2.45) is 0 Å². The third kappa shape index (κ3) is 2.14. The molecule has 0 aliphatic carbocycles. The van der Waals surface area contributed by atoms with Crippen LogP contribution >= 0.6 is 67.8 Å². The molecule has 1 aromatic rings. The maximum absolute atomic E-state index is 4.02. The molecule has 0 radical (unpaired) electrons. The Bertz CT molecular complexity index is 203. The number of hydrogen-bond acceptors (Lipinski definition) is 1. The molecule has 0 aromatic carbocycles. The van der Waals surface area contributed by atoms with Gasteiger partial charge in [-0.1, -0.05) is 0 Å². The second kappa shape index (κ2) is 3.65. The fraction of sp³-hybridized carbons (Fsp3) is 0. The van der Waals surface area contributed by atoms with E-state index >= 15 is 0 Å². The lowest BCUT2D eigenvalue weighted by molar-refractivity contribution is 1.27. The Kier molecular flexibility index (Phi) is 3.42. The van der Waals surface area contributed by atoms with Gasteiger partial charge >= 0.3 is 0 Å². The third-order valence-corrected chi connectivity index (χ3v) is 5.66. The molecule has 48 valence electrons. The van der Waals surface area contributed by atoms with E-state index < -0.39 is 0 Å². The molecule has 4 heteroatoms. The molecule has 1 rings (SSSR count). The van der Waals surface area contributed by atoms with Gasteiger partial charge < -0.3 is 0 Å². The molecule has 0 unspecified atom stereocenters. The monoisotopic (exact) mass is 457 g/mol. The van der Waals surface area contributed by atoms with Crippen LogP contribution in [-0.4, -0.2) is 4.98 Å². The van der Waals surface area contributed by atoms with E-state index in [0.717, 1.165) is 0 Å². The average molecular weight is 457 g/mol. The minimum absolute atomic E-state index is 1.22. The molecule has 9 heavy (non-hydrogen) atoms. The van der Waals surface area contributed by atoms with E-state index in [4.69, 9.17) is 0 Å². The van der Waals surface area contributed by atoms with E-state index in [1.807, 2.05) is 12.4 Å². The highest BCUT2D eigenvalue weighted by Gasteiger charge is 1.98. The molecule has 0 amide bonds. The van der Waals surface area contributed by atoms with Gasteiger partial charge in [-0.15, -0.1) is 0 Å². The normalized spacial score (nSPS) is 9.67. The van der Waals surface area contributed by atoms with Gasteiger partial charge in [0.25, 0.3) is 0 Å². The molecule has 1 heterocycles. The van der Waals surface area contributed by atoms with Gasteiger partial charge in [-0.2, -0.15) is 0 Å². The summed E-state index contributed by atoms with van der Waals surface area (Å²) in [5, 5.41) is 0. The van der Waals surface area contributed by atoms with Gasteiger partial charge in [0.2, 0.25) is 0 Å². The van der Waals surface area contributed by atoms with Gasteiger partial charge in [-0.3, -0.25) is 4.98 Å². The molecule has 0 saturated carbocycles. The Morgan fingerprint density at radius 1 is 1.00 bits per heavy atom. The molecular formula is C5H2I3N. The van der Waals surface area contributed by atoms with E-state index in [1.54, 1.807) is 0 Å². The SMILES string of the molecule is Ic1cncc(I)c1I. The van der Waals surface area contributed by atoms with E-state index in [-0.39, 0.29) is 0 Å². The summed E-state index contributed by atoms with van der Waals surface area (Å²) in [7, 11) is 0. The number of hydrogen-bond donors (Lipinski definition) is 0. The van der Waals surface area contributed by atoms with Crippen LogP contribution in [0, 0.1) is 10.7 Å². The Hall–Kier alpha value is 1.34. The smallest absolute Gasteiger partial charge is 0.0458 e. The fourth-order valence-corrected chi connectivity index (χ4v) is 2.09. The summed E-state index contributed by atoms with van der Waals surface area (Å²) in [6.45, 7) is 0. The highest BCUT2D eigenvalue weighted by atomic mass is 127. The number of nitrogens with zero attached hydrogens (tertiary/aromatic N) is 1. The van der Waals surface area contributed by atoms with Crippen molar-refractivity contribution in [3.8, 4) is 0 Å². The quantitative estimate of drug-likeness (QED) is 0.547. The maximum atomic E-state index is 4.02. The summed E-state index contributed by atoms with van der Waals surface area (Å²) in [4.78, 5) is 4.02. The molecule has 0 aliphatic heterocycles. The first-order valence-electron chi connectivity index (χ1n) is 2.16. The summed E-state index contributed by atoms with van der Waals surface area (Å²) in [6.07, 6.45) is 3.73. The molecule has 0 N–H and O–H groups in total. The Balaban J connectivity index is 3.25. The van der Waals surface area contributed by atoms with Crippen molar-refractivity contribution in [3.05, 3.63) is 23.1 Å². The molecule has 1 nitrogen and oxygen atoms in total. The van der Waals surface area contributed by atoms with Crippen LogP contribution in [-0.2, 0) is 0 Å². The van der Waals surface area contributed by atoms with Crippen molar-refractivity contribution in [3.63, 3.8) is 0 Å². The number of aromatic nitrogens is 1. The van der Waals surface area contributed by atoms with Crippen molar-refractivity contribution in [2.45, 2.75) is 0 Å². The van der Waals surface area contributed by atoms with Crippen molar-refractivity contribution in [1.82, 2.24) is 4.98 Å². The standard InChI is InChI=1S/C5H2I3N/c6-3-1-9-2-4(7)5(3)8/h1-2H. The molecular weight excluding hydrogens is 455 g/mol. The van der Waals surface area contributed by atoms with Crippen LogP contribution in [0.3, 0.4) is 0 Å². The molecule has 0 saturated heterocycles. The Morgan fingerprint density at radius 3 is 1.78 bits per heavy atom. The van der Waals surface area contributed by atoms with Crippen LogP contribution in [0.2, 0.25) is 0 Å². The first kappa shape index (κ1) is 8.44. The van der Waals surface area contributed by atoms with Crippen LogP contribution in [0.15, 0.2) is 12.4 Å².